The summed E-state index contributed by atoms with van der Waals surface area (Å²) in [6, 6.07) is 18.4. The summed E-state index contributed by atoms with van der Waals surface area (Å²) in [5, 5.41) is 0. The number of amides is 1. The predicted octanol–water partition coefficient (Wildman–Crippen LogP) is 5.42. The van der Waals surface area contributed by atoms with Gasteiger partial charge in [-0.05, 0) is 61.6 Å². The first-order chi connectivity index (χ1) is 17.4. The average molecular weight is 491 g/mol. The number of ether oxygens (including phenoxy) is 2. The molecule has 2 fully saturated rings. The van der Waals surface area contributed by atoms with Crippen molar-refractivity contribution in [3.8, 4) is 5.75 Å². The van der Waals surface area contributed by atoms with E-state index < -0.39 is 0 Å². The van der Waals surface area contributed by atoms with Crippen LogP contribution in [0.5, 0.6) is 5.75 Å². The van der Waals surface area contributed by atoms with Gasteiger partial charge in [-0.1, -0.05) is 50.3 Å². The van der Waals surface area contributed by atoms with Gasteiger partial charge in [0.15, 0.2) is 0 Å². The van der Waals surface area contributed by atoms with Crippen LogP contribution in [0.25, 0.3) is 0 Å². The Labute approximate surface area is 217 Å². The molecule has 0 bridgehead atoms. The lowest BCUT2D eigenvalue weighted by Crippen LogP contribution is -2.62. The molecule has 1 heterocycles. The minimum absolute atomic E-state index is 0.0563. The molecule has 1 amide bonds. The molecule has 0 radical (unpaired) electrons. The molecule has 5 nitrogen and oxygen atoms in total. The summed E-state index contributed by atoms with van der Waals surface area (Å²) in [6.07, 6.45) is 4.84. The summed E-state index contributed by atoms with van der Waals surface area (Å²) in [6.45, 7) is 11.9. The Balaban J connectivity index is 1.76. The molecule has 194 valence electrons. The molecule has 1 saturated heterocycles. The van der Waals surface area contributed by atoms with Crippen LogP contribution in [0.3, 0.4) is 0 Å². The van der Waals surface area contributed by atoms with Crippen LogP contribution in [0.15, 0.2) is 67.3 Å². The zero-order valence-corrected chi connectivity index (χ0v) is 22.4. The summed E-state index contributed by atoms with van der Waals surface area (Å²) in [4.78, 5) is 18.5. The van der Waals surface area contributed by atoms with Crippen LogP contribution in [-0.2, 0) is 10.2 Å². The molecule has 4 atom stereocenters. The summed E-state index contributed by atoms with van der Waals surface area (Å²) >= 11 is 0. The van der Waals surface area contributed by atoms with E-state index in [0.717, 1.165) is 56.8 Å². The maximum atomic E-state index is 13.9. The van der Waals surface area contributed by atoms with E-state index in [1.165, 1.54) is 5.56 Å². The quantitative estimate of drug-likeness (QED) is 0.441. The Morgan fingerprint density at radius 2 is 1.97 bits per heavy atom. The van der Waals surface area contributed by atoms with Gasteiger partial charge in [-0.3, -0.25) is 9.69 Å². The third kappa shape index (κ3) is 5.37. The molecular formula is C31H42N2O3. The number of methoxy groups -OCH3 is 2. The molecule has 0 spiro atoms. The monoisotopic (exact) mass is 490 g/mol. The van der Waals surface area contributed by atoms with Gasteiger partial charge in [0.05, 0.1) is 13.2 Å². The van der Waals surface area contributed by atoms with Crippen molar-refractivity contribution in [1.82, 2.24) is 9.80 Å². The zero-order chi connectivity index (χ0) is 25.7. The van der Waals surface area contributed by atoms with Crippen LogP contribution in [0.4, 0.5) is 0 Å². The van der Waals surface area contributed by atoms with Crippen LogP contribution in [0, 0.1) is 11.8 Å². The number of carbonyl (C=O) groups excluding carboxylic acids is 1. The van der Waals surface area contributed by atoms with Crippen molar-refractivity contribution in [2.24, 2.45) is 11.8 Å². The number of hydrogen-bond acceptors (Lipinski definition) is 4. The van der Waals surface area contributed by atoms with Gasteiger partial charge in [0.1, 0.15) is 5.75 Å². The van der Waals surface area contributed by atoms with Crippen molar-refractivity contribution in [2.45, 2.75) is 50.7 Å². The molecule has 2 aromatic carbocycles. The molecule has 36 heavy (non-hydrogen) atoms. The number of piperidine rings is 1. The van der Waals surface area contributed by atoms with E-state index in [-0.39, 0.29) is 23.5 Å². The van der Waals surface area contributed by atoms with Gasteiger partial charge in [0, 0.05) is 49.7 Å². The molecule has 5 heteroatoms. The van der Waals surface area contributed by atoms with Crippen LogP contribution < -0.4 is 4.74 Å². The first-order valence-corrected chi connectivity index (χ1v) is 13.3. The van der Waals surface area contributed by atoms with Gasteiger partial charge in [0.25, 0.3) is 5.91 Å². The number of benzene rings is 2. The van der Waals surface area contributed by atoms with E-state index in [0.29, 0.717) is 11.8 Å². The average Bonchev–Trinajstić information content (AvgIpc) is 2.91. The molecular weight excluding hydrogens is 448 g/mol. The van der Waals surface area contributed by atoms with E-state index in [1.807, 2.05) is 49.6 Å². The maximum absolute atomic E-state index is 13.9. The molecule has 4 rings (SSSR count). The Morgan fingerprint density at radius 1 is 1.19 bits per heavy atom. The number of hydrogen-bond donors (Lipinski definition) is 0. The van der Waals surface area contributed by atoms with Crippen molar-refractivity contribution in [1.29, 1.82) is 0 Å². The van der Waals surface area contributed by atoms with Crippen molar-refractivity contribution in [2.75, 3.05) is 40.4 Å². The summed E-state index contributed by atoms with van der Waals surface area (Å²) < 4.78 is 11.9. The first kappa shape index (κ1) is 26.4. The third-order valence-electron chi connectivity index (χ3n) is 8.21. The molecule has 1 aliphatic carbocycles. The van der Waals surface area contributed by atoms with Crippen LogP contribution >= 0.6 is 0 Å². The van der Waals surface area contributed by atoms with Crippen LogP contribution in [-0.4, -0.2) is 68.3 Å². The third-order valence-corrected chi connectivity index (χ3v) is 8.21. The smallest absolute Gasteiger partial charge is 0.254 e. The number of likely N-dealkylation sites (tertiary alicyclic amines) is 1. The fraction of sp³-hybridized carbons (Fsp3) is 0.516. The van der Waals surface area contributed by atoms with E-state index in [9.17, 15) is 4.79 Å². The highest BCUT2D eigenvalue weighted by molar-refractivity contribution is 5.94. The van der Waals surface area contributed by atoms with Gasteiger partial charge in [-0.2, -0.15) is 0 Å². The van der Waals surface area contributed by atoms with E-state index >= 15 is 0 Å². The molecule has 0 N–H and O–H groups in total. The van der Waals surface area contributed by atoms with Gasteiger partial charge in [-0.25, -0.2) is 0 Å². The van der Waals surface area contributed by atoms with Crippen LogP contribution in [0.2, 0.25) is 0 Å². The fourth-order valence-electron chi connectivity index (χ4n) is 6.54. The Bertz CT molecular complexity index is 1020. The second kappa shape index (κ2) is 11.6. The van der Waals surface area contributed by atoms with Crippen molar-refractivity contribution >= 4 is 5.91 Å². The van der Waals surface area contributed by atoms with E-state index in [2.05, 4.69) is 48.4 Å². The summed E-state index contributed by atoms with van der Waals surface area (Å²) in [7, 11) is 3.56. The highest BCUT2D eigenvalue weighted by atomic mass is 16.5. The zero-order valence-electron chi connectivity index (χ0n) is 22.4. The number of nitrogens with zero attached hydrogens (tertiary/aromatic N) is 2. The van der Waals surface area contributed by atoms with Crippen molar-refractivity contribution in [3.63, 3.8) is 0 Å². The molecule has 2 aromatic rings. The van der Waals surface area contributed by atoms with Gasteiger partial charge in [-0.15, -0.1) is 6.58 Å². The van der Waals surface area contributed by atoms with Gasteiger partial charge >= 0.3 is 0 Å². The molecule has 2 aliphatic rings. The Morgan fingerprint density at radius 3 is 2.64 bits per heavy atom. The lowest BCUT2D eigenvalue weighted by atomic mass is 9.56. The fourth-order valence-corrected chi connectivity index (χ4v) is 6.54. The van der Waals surface area contributed by atoms with Gasteiger partial charge < -0.3 is 14.4 Å². The van der Waals surface area contributed by atoms with Crippen LogP contribution in [0.1, 0.15) is 49.0 Å². The number of carbonyl (C=O) groups is 1. The second-order valence-electron chi connectivity index (χ2n) is 10.9. The van der Waals surface area contributed by atoms with Crippen molar-refractivity contribution in [3.05, 3.63) is 78.4 Å². The summed E-state index contributed by atoms with van der Waals surface area (Å²) in [5.41, 5.74) is 1.96. The lowest BCUT2D eigenvalue weighted by Gasteiger charge is -2.57. The Kier molecular flexibility index (Phi) is 8.53. The molecule has 1 saturated carbocycles. The van der Waals surface area contributed by atoms with Gasteiger partial charge in [0.2, 0.25) is 0 Å². The normalized spacial score (nSPS) is 26.3. The molecule has 1 aliphatic heterocycles. The lowest BCUT2D eigenvalue weighted by molar-refractivity contribution is -0.0804. The molecule has 1 unspecified atom stereocenters. The molecule has 0 aromatic heterocycles. The topological polar surface area (TPSA) is 42.0 Å². The standard InChI is InChI=1S/C31H42N2O3/c1-6-16-32-17-15-31(25-13-10-14-27(18-25)35-4)20-26(19-29(36-5)28(31)22-32)33(21-23(2)3)30(34)24-11-8-7-9-12-24/h6-14,18,23,26,28-29H,1,15-17,19-22H2,2-5H3/t26-,28+,29?,31+/m1/s1. The van der Waals surface area contributed by atoms with E-state index in [1.54, 1.807) is 7.11 Å². The SMILES string of the molecule is C=CCN1CC[C@@]2(c3cccc(OC)c3)C[C@H](N(CC(C)C)C(=O)c3ccccc3)CC(OC)[C@@H]2C1. The predicted molar refractivity (Wildman–Crippen MR) is 146 cm³/mol. The van der Waals surface area contributed by atoms with Crippen molar-refractivity contribution < 1.29 is 14.3 Å². The number of rotatable bonds is 9. The maximum Gasteiger partial charge on any atom is 0.254 e. The summed E-state index contributed by atoms with van der Waals surface area (Å²) in [5.74, 6) is 1.70. The Hall–Kier alpha value is -2.63. The minimum atomic E-state index is -0.0952. The first-order valence-electron chi connectivity index (χ1n) is 13.3. The highest BCUT2D eigenvalue weighted by Gasteiger charge is 2.53. The van der Waals surface area contributed by atoms with E-state index in [4.69, 9.17) is 9.47 Å². The largest absolute Gasteiger partial charge is 0.497 e. The number of fused-ring (bicyclic) bond motifs is 1. The second-order valence-corrected chi connectivity index (χ2v) is 10.9. The highest BCUT2D eigenvalue weighted by Crippen LogP contribution is 2.51. The minimum Gasteiger partial charge on any atom is -0.497 e.